The lowest BCUT2D eigenvalue weighted by atomic mass is 10.1. The van der Waals surface area contributed by atoms with Crippen LogP contribution >= 0.6 is 11.3 Å². The highest BCUT2D eigenvalue weighted by molar-refractivity contribution is 7.09. The molecule has 0 atom stereocenters. The number of aromatic nitrogens is 1. The van der Waals surface area contributed by atoms with Crippen molar-refractivity contribution in [2.24, 2.45) is 0 Å². The number of carbonyl (C=O) groups is 2. The second kappa shape index (κ2) is 8.73. The molecule has 1 aliphatic rings. The molecule has 3 rings (SSSR count). The van der Waals surface area contributed by atoms with Gasteiger partial charge in [0.05, 0.1) is 6.54 Å². The Morgan fingerprint density at radius 3 is 2.46 bits per heavy atom. The molecule has 28 heavy (non-hydrogen) atoms. The van der Waals surface area contributed by atoms with Gasteiger partial charge < -0.3 is 15.1 Å². The highest BCUT2D eigenvalue weighted by atomic mass is 32.1. The summed E-state index contributed by atoms with van der Waals surface area (Å²) in [5.74, 6) is -0.00363. The molecule has 150 valence electrons. The number of hydrogen-bond acceptors (Lipinski definition) is 4. The van der Waals surface area contributed by atoms with Crippen molar-refractivity contribution in [3.63, 3.8) is 0 Å². The molecule has 1 fully saturated rings. The first kappa shape index (κ1) is 20.3. The molecular formula is C21H28N4O2S. The van der Waals surface area contributed by atoms with Crippen molar-refractivity contribution >= 4 is 29.0 Å². The Morgan fingerprint density at radius 2 is 1.86 bits per heavy atom. The van der Waals surface area contributed by atoms with Crippen LogP contribution in [0.1, 0.15) is 53.3 Å². The van der Waals surface area contributed by atoms with Crippen LogP contribution in [0.3, 0.4) is 0 Å². The molecule has 7 heteroatoms. The normalized spacial score (nSPS) is 13.8. The first-order valence-corrected chi connectivity index (χ1v) is 10.6. The van der Waals surface area contributed by atoms with Crippen molar-refractivity contribution in [2.75, 3.05) is 18.4 Å². The Balaban J connectivity index is 1.71. The number of anilines is 1. The fraction of sp³-hybridized carbons (Fsp3) is 0.476. The summed E-state index contributed by atoms with van der Waals surface area (Å²) in [4.78, 5) is 33.5. The summed E-state index contributed by atoms with van der Waals surface area (Å²) in [7, 11) is 0. The fourth-order valence-electron chi connectivity index (χ4n) is 3.39. The Kier molecular flexibility index (Phi) is 6.34. The highest BCUT2D eigenvalue weighted by Gasteiger charge is 2.24. The van der Waals surface area contributed by atoms with Gasteiger partial charge in [0, 0.05) is 30.2 Å². The number of amides is 3. The number of nitrogens with zero attached hydrogens (tertiary/aromatic N) is 3. The monoisotopic (exact) mass is 400 g/mol. The summed E-state index contributed by atoms with van der Waals surface area (Å²) in [5, 5.41) is 5.62. The number of likely N-dealkylation sites (tertiary alicyclic amines) is 1. The minimum Gasteiger partial charge on any atom is -0.337 e. The third-order valence-electron chi connectivity index (χ3n) is 5.07. The quantitative estimate of drug-likeness (QED) is 0.807. The molecule has 0 radical (unpaired) electrons. The average Bonchev–Trinajstić information content (AvgIpc) is 3.33. The number of urea groups is 1. The maximum absolute atomic E-state index is 12.9. The van der Waals surface area contributed by atoms with E-state index in [1.807, 2.05) is 50.8 Å². The van der Waals surface area contributed by atoms with Gasteiger partial charge in [-0.05, 0) is 51.7 Å². The molecule has 1 aromatic carbocycles. The minimum atomic E-state index is -0.157. The fourth-order valence-corrected chi connectivity index (χ4v) is 4.15. The van der Waals surface area contributed by atoms with Gasteiger partial charge >= 0.3 is 6.03 Å². The molecule has 1 aliphatic heterocycles. The van der Waals surface area contributed by atoms with E-state index in [1.54, 1.807) is 10.3 Å². The molecular weight excluding hydrogens is 372 g/mol. The average molecular weight is 401 g/mol. The van der Waals surface area contributed by atoms with Gasteiger partial charge in [0.1, 0.15) is 10.7 Å². The molecule has 3 amide bonds. The van der Waals surface area contributed by atoms with Crippen LogP contribution in [0.5, 0.6) is 0 Å². The molecule has 0 spiro atoms. The zero-order valence-corrected chi connectivity index (χ0v) is 17.8. The van der Waals surface area contributed by atoms with Crippen molar-refractivity contribution in [1.82, 2.24) is 14.8 Å². The van der Waals surface area contributed by atoms with E-state index in [-0.39, 0.29) is 18.0 Å². The van der Waals surface area contributed by atoms with Crippen LogP contribution in [0.25, 0.3) is 0 Å². The van der Waals surface area contributed by atoms with Crippen molar-refractivity contribution in [3.8, 4) is 0 Å². The predicted octanol–water partition coefficient (Wildman–Crippen LogP) is 4.44. The molecule has 0 aliphatic carbocycles. The van der Waals surface area contributed by atoms with Crippen molar-refractivity contribution in [3.05, 3.63) is 45.4 Å². The third-order valence-corrected chi connectivity index (χ3v) is 5.90. The van der Waals surface area contributed by atoms with E-state index in [0.717, 1.165) is 47.8 Å². The summed E-state index contributed by atoms with van der Waals surface area (Å²) in [6.45, 7) is 9.93. The highest BCUT2D eigenvalue weighted by Crippen LogP contribution is 2.22. The van der Waals surface area contributed by atoms with Gasteiger partial charge in [-0.3, -0.25) is 4.79 Å². The largest absolute Gasteiger partial charge is 0.337 e. The third kappa shape index (κ3) is 4.52. The van der Waals surface area contributed by atoms with Gasteiger partial charge in [-0.25, -0.2) is 9.78 Å². The summed E-state index contributed by atoms with van der Waals surface area (Å²) < 4.78 is 0. The van der Waals surface area contributed by atoms with E-state index in [9.17, 15) is 9.59 Å². The van der Waals surface area contributed by atoms with Gasteiger partial charge in [-0.2, -0.15) is 0 Å². The van der Waals surface area contributed by atoms with E-state index >= 15 is 0 Å². The van der Waals surface area contributed by atoms with E-state index in [1.165, 1.54) is 11.3 Å². The first-order chi connectivity index (χ1) is 13.4. The SMILES string of the molecule is Cc1cccc(C)c1NC(=O)N(Cc1nc(C(=O)N2CCCC2)cs1)C(C)C. The summed E-state index contributed by atoms with van der Waals surface area (Å²) in [6, 6.07) is 5.80. The Labute approximate surface area is 170 Å². The first-order valence-electron chi connectivity index (χ1n) is 9.74. The van der Waals surface area contributed by atoms with Gasteiger partial charge in [-0.15, -0.1) is 11.3 Å². The van der Waals surface area contributed by atoms with Gasteiger partial charge in [0.15, 0.2) is 0 Å². The zero-order valence-electron chi connectivity index (χ0n) is 17.0. The molecule has 1 saturated heterocycles. The van der Waals surface area contributed by atoms with Gasteiger partial charge in [0.2, 0.25) is 0 Å². The Morgan fingerprint density at radius 1 is 1.21 bits per heavy atom. The zero-order chi connectivity index (χ0) is 20.3. The molecule has 2 aromatic rings. The molecule has 6 nitrogen and oxygen atoms in total. The molecule has 2 heterocycles. The smallest absolute Gasteiger partial charge is 0.322 e. The lowest BCUT2D eigenvalue weighted by Gasteiger charge is -2.27. The second-order valence-electron chi connectivity index (χ2n) is 7.54. The summed E-state index contributed by atoms with van der Waals surface area (Å²) in [6.07, 6.45) is 2.12. The van der Waals surface area contributed by atoms with Gasteiger partial charge in [0.25, 0.3) is 5.91 Å². The van der Waals surface area contributed by atoms with E-state index < -0.39 is 0 Å². The molecule has 0 unspecified atom stereocenters. The second-order valence-corrected chi connectivity index (χ2v) is 8.49. The van der Waals surface area contributed by atoms with Crippen molar-refractivity contribution in [1.29, 1.82) is 0 Å². The van der Waals surface area contributed by atoms with E-state index in [2.05, 4.69) is 10.3 Å². The van der Waals surface area contributed by atoms with Crippen LogP contribution in [0.15, 0.2) is 23.6 Å². The van der Waals surface area contributed by atoms with Crippen molar-refractivity contribution in [2.45, 2.75) is 53.1 Å². The molecule has 1 N–H and O–H groups in total. The Hall–Kier alpha value is -2.41. The van der Waals surface area contributed by atoms with Crippen LogP contribution in [-0.2, 0) is 6.54 Å². The number of thiazole rings is 1. The predicted molar refractivity (Wildman–Crippen MR) is 113 cm³/mol. The molecule has 1 aromatic heterocycles. The number of nitrogens with one attached hydrogen (secondary N) is 1. The molecule has 0 bridgehead atoms. The summed E-state index contributed by atoms with van der Waals surface area (Å²) in [5.41, 5.74) is 3.40. The number of rotatable bonds is 5. The van der Waals surface area contributed by atoms with Crippen LogP contribution in [-0.4, -0.2) is 45.9 Å². The number of carbonyl (C=O) groups excluding carboxylic acids is 2. The minimum absolute atomic E-state index is 0.00363. The topological polar surface area (TPSA) is 65.5 Å². The maximum atomic E-state index is 12.9. The van der Waals surface area contributed by atoms with E-state index in [4.69, 9.17) is 0 Å². The lowest BCUT2D eigenvalue weighted by molar-refractivity contribution is 0.0787. The van der Waals surface area contributed by atoms with Crippen LogP contribution in [0.2, 0.25) is 0 Å². The van der Waals surface area contributed by atoms with Crippen LogP contribution < -0.4 is 5.32 Å². The van der Waals surface area contributed by atoms with Crippen LogP contribution in [0.4, 0.5) is 10.5 Å². The number of benzene rings is 1. The lowest BCUT2D eigenvalue weighted by Crippen LogP contribution is -2.39. The van der Waals surface area contributed by atoms with Crippen LogP contribution in [0, 0.1) is 13.8 Å². The molecule has 0 saturated carbocycles. The van der Waals surface area contributed by atoms with E-state index in [0.29, 0.717) is 12.2 Å². The number of hydrogen-bond donors (Lipinski definition) is 1. The van der Waals surface area contributed by atoms with Crippen molar-refractivity contribution < 1.29 is 9.59 Å². The number of aryl methyl sites for hydroxylation is 2. The van der Waals surface area contributed by atoms with Gasteiger partial charge in [-0.1, -0.05) is 18.2 Å². The maximum Gasteiger partial charge on any atom is 0.322 e. The number of para-hydroxylation sites is 1. The summed E-state index contributed by atoms with van der Waals surface area (Å²) >= 11 is 1.43. The standard InChI is InChI=1S/C21H28N4O2S/c1-14(2)25(21(27)23-19-15(3)8-7-9-16(19)4)12-18-22-17(13-28-18)20(26)24-10-5-6-11-24/h7-9,13-14H,5-6,10-12H2,1-4H3,(H,23,27). The Bertz CT molecular complexity index is 836.